The Kier molecular flexibility index (Phi) is 3.19. The summed E-state index contributed by atoms with van der Waals surface area (Å²) < 4.78 is 5.59. The molecule has 0 fully saturated rings. The predicted octanol–water partition coefficient (Wildman–Crippen LogP) is 3.69. The van der Waals surface area contributed by atoms with Crippen molar-refractivity contribution in [3.63, 3.8) is 0 Å². The van der Waals surface area contributed by atoms with Crippen LogP contribution in [0.25, 0.3) is 10.8 Å². The Hall–Kier alpha value is -1.54. The minimum atomic E-state index is 0.433. The third-order valence-electron chi connectivity index (χ3n) is 4.11. The van der Waals surface area contributed by atoms with Crippen molar-refractivity contribution in [3.8, 4) is 5.75 Å². The Morgan fingerprint density at radius 3 is 2.63 bits per heavy atom. The van der Waals surface area contributed by atoms with Crippen molar-refractivity contribution in [2.24, 2.45) is 5.92 Å². The fourth-order valence-corrected chi connectivity index (χ4v) is 3.21. The molecule has 100 valence electrons. The molecule has 1 atom stereocenters. The first-order valence-electron chi connectivity index (χ1n) is 7.04. The highest BCUT2D eigenvalue weighted by molar-refractivity contribution is 5.92. The molecule has 0 amide bonds. The van der Waals surface area contributed by atoms with E-state index in [-0.39, 0.29) is 0 Å². The van der Waals surface area contributed by atoms with E-state index in [9.17, 15) is 0 Å². The number of hydrogen-bond donors (Lipinski definition) is 1. The summed E-state index contributed by atoms with van der Waals surface area (Å²) in [6.45, 7) is 5.61. The SMILES string of the molecule is COc1cc2c(c3ccccc13)CCNC2C(C)C. The van der Waals surface area contributed by atoms with Gasteiger partial charge in [0.05, 0.1) is 7.11 Å². The highest BCUT2D eigenvalue weighted by Gasteiger charge is 2.25. The Morgan fingerprint density at radius 2 is 1.95 bits per heavy atom. The minimum Gasteiger partial charge on any atom is -0.496 e. The van der Waals surface area contributed by atoms with Crippen LogP contribution in [0.3, 0.4) is 0 Å². The molecular weight excluding hydrogens is 234 g/mol. The van der Waals surface area contributed by atoms with Crippen LogP contribution in [0.5, 0.6) is 5.75 Å². The van der Waals surface area contributed by atoms with Crippen LogP contribution in [0.1, 0.15) is 31.0 Å². The van der Waals surface area contributed by atoms with E-state index in [0.717, 1.165) is 18.7 Å². The van der Waals surface area contributed by atoms with E-state index in [2.05, 4.69) is 49.5 Å². The number of rotatable bonds is 2. The first kappa shape index (κ1) is 12.5. The summed E-state index contributed by atoms with van der Waals surface area (Å²) in [6.07, 6.45) is 1.10. The molecule has 0 bridgehead atoms. The number of benzene rings is 2. The van der Waals surface area contributed by atoms with Crippen molar-refractivity contribution in [2.45, 2.75) is 26.3 Å². The van der Waals surface area contributed by atoms with Crippen molar-refractivity contribution >= 4 is 10.8 Å². The number of methoxy groups -OCH3 is 1. The van der Waals surface area contributed by atoms with E-state index in [1.54, 1.807) is 7.11 Å². The van der Waals surface area contributed by atoms with Crippen LogP contribution in [0.4, 0.5) is 0 Å². The molecule has 19 heavy (non-hydrogen) atoms. The van der Waals surface area contributed by atoms with E-state index in [0.29, 0.717) is 12.0 Å². The van der Waals surface area contributed by atoms with Crippen LogP contribution >= 0.6 is 0 Å². The molecule has 0 aromatic heterocycles. The van der Waals surface area contributed by atoms with Gasteiger partial charge in [-0.05, 0) is 41.5 Å². The van der Waals surface area contributed by atoms with Crippen LogP contribution in [-0.4, -0.2) is 13.7 Å². The van der Waals surface area contributed by atoms with Gasteiger partial charge < -0.3 is 10.1 Å². The predicted molar refractivity (Wildman–Crippen MR) is 79.8 cm³/mol. The number of nitrogens with one attached hydrogen (secondary N) is 1. The van der Waals surface area contributed by atoms with Gasteiger partial charge in [0.1, 0.15) is 5.75 Å². The maximum atomic E-state index is 5.59. The molecular formula is C17H21NO. The second-order valence-electron chi connectivity index (χ2n) is 5.62. The summed E-state index contributed by atoms with van der Waals surface area (Å²) >= 11 is 0. The molecule has 0 spiro atoms. The van der Waals surface area contributed by atoms with Gasteiger partial charge in [-0.3, -0.25) is 0 Å². The molecule has 2 nitrogen and oxygen atoms in total. The summed E-state index contributed by atoms with van der Waals surface area (Å²) in [5.41, 5.74) is 2.91. The molecule has 1 N–H and O–H groups in total. The molecule has 2 heteroatoms. The number of ether oxygens (including phenoxy) is 1. The van der Waals surface area contributed by atoms with Crippen molar-refractivity contribution < 1.29 is 4.74 Å². The van der Waals surface area contributed by atoms with Gasteiger partial charge in [-0.15, -0.1) is 0 Å². The second kappa shape index (κ2) is 4.86. The zero-order valence-corrected chi connectivity index (χ0v) is 11.9. The fraction of sp³-hybridized carbons (Fsp3) is 0.412. The van der Waals surface area contributed by atoms with Gasteiger partial charge in [0.2, 0.25) is 0 Å². The fourth-order valence-electron chi connectivity index (χ4n) is 3.21. The molecule has 0 radical (unpaired) electrons. The molecule has 2 aromatic rings. The zero-order valence-electron chi connectivity index (χ0n) is 11.9. The first-order chi connectivity index (χ1) is 9.22. The van der Waals surface area contributed by atoms with Crippen LogP contribution in [-0.2, 0) is 6.42 Å². The van der Waals surface area contributed by atoms with E-state index < -0.39 is 0 Å². The van der Waals surface area contributed by atoms with Gasteiger partial charge in [-0.1, -0.05) is 38.1 Å². The van der Waals surface area contributed by atoms with Crippen molar-refractivity contribution in [1.29, 1.82) is 0 Å². The average Bonchev–Trinajstić information content (AvgIpc) is 2.45. The summed E-state index contributed by atoms with van der Waals surface area (Å²) in [5.74, 6) is 1.58. The van der Waals surface area contributed by atoms with E-state index >= 15 is 0 Å². The molecule has 2 aromatic carbocycles. The number of hydrogen-bond acceptors (Lipinski definition) is 2. The normalized spacial score (nSPS) is 18.6. The lowest BCUT2D eigenvalue weighted by atomic mass is 9.85. The highest BCUT2D eigenvalue weighted by Crippen LogP contribution is 2.38. The quantitative estimate of drug-likeness (QED) is 0.883. The van der Waals surface area contributed by atoms with Crippen molar-refractivity contribution in [2.75, 3.05) is 13.7 Å². The monoisotopic (exact) mass is 255 g/mol. The molecule has 0 saturated carbocycles. The first-order valence-corrected chi connectivity index (χ1v) is 7.04. The van der Waals surface area contributed by atoms with Gasteiger partial charge in [0.25, 0.3) is 0 Å². The molecule has 1 unspecified atom stereocenters. The van der Waals surface area contributed by atoms with Gasteiger partial charge in [-0.2, -0.15) is 0 Å². The second-order valence-corrected chi connectivity index (χ2v) is 5.62. The molecule has 1 heterocycles. The largest absolute Gasteiger partial charge is 0.496 e. The Morgan fingerprint density at radius 1 is 1.21 bits per heavy atom. The molecule has 0 aliphatic carbocycles. The lowest BCUT2D eigenvalue weighted by Crippen LogP contribution is -2.33. The van der Waals surface area contributed by atoms with Crippen LogP contribution in [0.2, 0.25) is 0 Å². The third-order valence-corrected chi connectivity index (χ3v) is 4.11. The summed E-state index contributed by atoms with van der Waals surface area (Å²) in [7, 11) is 1.76. The van der Waals surface area contributed by atoms with E-state index in [1.165, 1.54) is 21.9 Å². The van der Waals surface area contributed by atoms with E-state index in [1.807, 2.05) is 0 Å². The summed E-state index contributed by atoms with van der Waals surface area (Å²) in [4.78, 5) is 0. The van der Waals surface area contributed by atoms with Crippen LogP contribution < -0.4 is 10.1 Å². The lowest BCUT2D eigenvalue weighted by molar-refractivity contribution is 0.389. The van der Waals surface area contributed by atoms with Gasteiger partial charge in [0, 0.05) is 11.4 Å². The Balaban J connectivity index is 2.29. The molecule has 0 saturated heterocycles. The maximum absolute atomic E-state index is 5.59. The molecule has 1 aliphatic heterocycles. The maximum Gasteiger partial charge on any atom is 0.127 e. The minimum absolute atomic E-state index is 0.433. The van der Waals surface area contributed by atoms with Crippen LogP contribution in [0.15, 0.2) is 30.3 Å². The molecule has 1 aliphatic rings. The lowest BCUT2D eigenvalue weighted by Gasteiger charge is -2.31. The molecule has 3 rings (SSSR count). The van der Waals surface area contributed by atoms with Gasteiger partial charge in [-0.25, -0.2) is 0 Å². The van der Waals surface area contributed by atoms with Crippen molar-refractivity contribution in [1.82, 2.24) is 5.32 Å². The van der Waals surface area contributed by atoms with E-state index in [4.69, 9.17) is 4.74 Å². The third kappa shape index (κ3) is 2.00. The van der Waals surface area contributed by atoms with Gasteiger partial charge in [0.15, 0.2) is 0 Å². The van der Waals surface area contributed by atoms with Crippen LogP contribution in [0, 0.1) is 5.92 Å². The van der Waals surface area contributed by atoms with Gasteiger partial charge >= 0.3 is 0 Å². The Bertz CT molecular complexity index is 603. The topological polar surface area (TPSA) is 21.3 Å². The highest BCUT2D eigenvalue weighted by atomic mass is 16.5. The number of fused-ring (bicyclic) bond motifs is 3. The summed E-state index contributed by atoms with van der Waals surface area (Å²) in [6, 6.07) is 11.2. The van der Waals surface area contributed by atoms with Crippen molar-refractivity contribution in [3.05, 3.63) is 41.5 Å². The Labute approximate surface area is 114 Å². The smallest absolute Gasteiger partial charge is 0.127 e. The zero-order chi connectivity index (χ0) is 13.4. The summed E-state index contributed by atoms with van der Waals surface area (Å²) in [5, 5.41) is 6.22. The average molecular weight is 255 g/mol. The standard InChI is InChI=1S/C17H21NO/c1-11(2)17-15-10-16(19-3)14-7-5-4-6-12(14)13(15)8-9-18-17/h4-7,10-11,17-18H,8-9H2,1-3H3.